The minimum Gasteiger partial charge on any atom is -0.369 e. The molecule has 0 saturated carbocycles. The summed E-state index contributed by atoms with van der Waals surface area (Å²) in [5.41, 5.74) is 4.99. The number of benzene rings is 1. The van der Waals surface area contributed by atoms with Gasteiger partial charge in [0.25, 0.3) is 0 Å². The Morgan fingerprint density at radius 2 is 1.90 bits per heavy atom. The zero-order valence-electron chi connectivity index (χ0n) is 10.5. The van der Waals surface area contributed by atoms with E-state index in [1.165, 1.54) is 17.0 Å². The van der Waals surface area contributed by atoms with Crippen molar-refractivity contribution in [3.63, 3.8) is 0 Å². The predicted molar refractivity (Wildman–Crippen MR) is 64.2 cm³/mol. The fraction of sp³-hybridized carbons (Fsp3) is 0.385. The molecular formula is C13H13F3N2O2. The molecule has 2 amide bonds. The molecule has 7 heteroatoms. The lowest BCUT2D eigenvalue weighted by atomic mass is 10.1. The van der Waals surface area contributed by atoms with Gasteiger partial charge in [0.15, 0.2) is 0 Å². The lowest BCUT2D eigenvalue weighted by Crippen LogP contribution is -2.28. The molecule has 0 bridgehead atoms. The third-order valence-corrected chi connectivity index (χ3v) is 3.27. The van der Waals surface area contributed by atoms with Crippen LogP contribution < -0.4 is 5.73 Å². The number of hydrogen-bond donors (Lipinski definition) is 1. The third-order valence-electron chi connectivity index (χ3n) is 3.27. The Bertz CT molecular complexity index is 525. The summed E-state index contributed by atoms with van der Waals surface area (Å²) in [6.45, 7) is 0.399. The Labute approximate surface area is 113 Å². The zero-order valence-corrected chi connectivity index (χ0v) is 10.5. The van der Waals surface area contributed by atoms with Gasteiger partial charge in [0.1, 0.15) is 0 Å². The van der Waals surface area contributed by atoms with E-state index in [-0.39, 0.29) is 25.4 Å². The molecule has 1 atom stereocenters. The van der Waals surface area contributed by atoms with Gasteiger partial charge in [-0.25, -0.2) is 0 Å². The summed E-state index contributed by atoms with van der Waals surface area (Å²) >= 11 is 0. The van der Waals surface area contributed by atoms with Crippen LogP contribution in [0.3, 0.4) is 0 Å². The van der Waals surface area contributed by atoms with Gasteiger partial charge in [-0.2, -0.15) is 13.2 Å². The number of amides is 2. The molecule has 20 heavy (non-hydrogen) atoms. The van der Waals surface area contributed by atoms with Gasteiger partial charge < -0.3 is 10.6 Å². The number of rotatable bonds is 3. The topological polar surface area (TPSA) is 63.4 Å². The van der Waals surface area contributed by atoms with E-state index < -0.39 is 23.6 Å². The van der Waals surface area contributed by atoms with Crippen LogP contribution in [0.25, 0.3) is 0 Å². The molecule has 0 aromatic heterocycles. The second-order valence-corrected chi connectivity index (χ2v) is 4.77. The van der Waals surface area contributed by atoms with Crippen molar-refractivity contribution in [2.45, 2.75) is 19.1 Å². The van der Waals surface area contributed by atoms with Gasteiger partial charge in [-0.05, 0) is 17.7 Å². The van der Waals surface area contributed by atoms with Gasteiger partial charge in [0.2, 0.25) is 11.8 Å². The normalized spacial score (nSPS) is 19.4. The molecule has 108 valence electrons. The number of halogens is 3. The van der Waals surface area contributed by atoms with Crippen LogP contribution in [0.2, 0.25) is 0 Å². The number of carbonyl (C=O) groups is 2. The molecular weight excluding hydrogens is 273 g/mol. The van der Waals surface area contributed by atoms with Gasteiger partial charge >= 0.3 is 6.18 Å². The molecule has 1 aromatic carbocycles. The van der Waals surface area contributed by atoms with E-state index in [9.17, 15) is 22.8 Å². The lowest BCUT2D eigenvalue weighted by Gasteiger charge is -2.16. The highest BCUT2D eigenvalue weighted by atomic mass is 19.4. The van der Waals surface area contributed by atoms with Crippen LogP contribution in [-0.4, -0.2) is 23.3 Å². The molecule has 0 spiro atoms. The summed E-state index contributed by atoms with van der Waals surface area (Å²) < 4.78 is 37.2. The number of hydrogen-bond acceptors (Lipinski definition) is 2. The monoisotopic (exact) mass is 286 g/mol. The van der Waals surface area contributed by atoms with E-state index in [1.807, 2.05) is 0 Å². The molecule has 4 nitrogen and oxygen atoms in total. The first-order valence-electron chi connectivity index (χ1n) is 6.00. The highest BCUT2D eigenvalue weighted by Crippen LogP contribution is 2.29. The van der Waals surface area contributed by atoms with E-state index in [4.69, 9.17) is 5.73 Å². The van der Waals surface area contributed by atoms with E-state index in [1.54, 1.807) is 0 Å². The maximum Gasteiger partial charge on any atom is 0.416 e. The van der Waals surface area contributed by atoms with E-state index >= 15 is 0 Å². The molecule has 1 saturated heterocycles. The number of primary amides is 1. The van der Waals surface area contributed by atoms with Gasteiger partial charge in [-0.1, -0.05) is 12.1 Å². The van der Waals surface area contributed by atoms with E-state index in [0.29, 0.717) is 5.56 Å². The minimum absolute atomic E-state index is 0.0654. The quantitative estimate of drug-likeness (QED) is 0.916. The Morgan fingerprint density at radius 1 is 1.30 bits per heavy atom. The molecule has 1 unspecified atom stereocenters. The van der Waals surface area contributed by atoms with Crippen LogP contribution in [0.5, 0.6) is 0 Å². The summed E-state index contributed by atoms with van der Waals surface area (Å²) in [5, 5.41) is 0. The van der Waals surface area contributed by atoms with E-state index in [2.05, 4.69) is 0 Å². The van der Waals surface area contributed by atoms with Crippen LogP contribution in [0, 0.1) is 5.92 Å². The van der Waals surface area contributed by atoms with E-state index in [0.717, 1.165) is 12.1 Å². The van der Waals surface area contributed by atoms with Crippen molar-refractivity contribution < 1.29 is 22.8 Å². The maximum absolute atomic E-state index is 12.4. The van der Waals surface area contributed by atoms with Gasteiger partial charge in [-0.15, -0.1) is 0 Å². The molecule has 2 N–H and O–H groups in total. The first-order chi connectivity index (χ1) is 9.27. The first kappa shape index (κ1) is 14.4. The molecule has 1 aliphatic rings. The van der Waals surface area contributed by atoms with Crippen molar-refractivity contribution in [2.24, 2.45) is 11.7 Å². The fourth-order valence-corrected chi connectivity index (χ4v) is 2.14. The standard InChI is InChI=1S/C13H13F3N2O2/c14-13(15,16)10-3-1-8(2-4-10)6-18-7-9(12(17)20)5-11(18)19/h1-4,9H,5-7H2,(H2,17,20). The van der Waals surface area contributed by atoms with Crippen LogP contribution in [0.15, 0.2) is 24.3 Å². The van der Waals surface area contributed by atoms with Crippen molar-refractivity contribution in [1.82, 2.24) is 4.90 Å². The Kier molecular flexibility index (Phi) is 3.69. The predicted octanol–water partition coefficient (Wildman–Crippen LogP) is 1.54. The summed E-state index contributed by atoms with van der Waals surface area (Å²) in [6.07, 6.45) is -4.31. The molecule has 2 rings (SSSR count). The Hall–Kier alpha value is -2.05. The summed E-state index contributed by atoms with van der Waals surface area (Å²) in [4.78, 5) is 24.1. The number of nitrogens with zero attached hydrogens (tertiary/aromatic N) is 1. The number of alkyl halides is 3. The molecule has 1 aromatic rings. The second-order valence-electron chi connectivity index (χ2n) is 4.77. The molecule has 1 fully saturated rings. The van der Waals surface area contributed by atoms with Gasteiger partial charge in [0, 0.05) is 19.5 Å². The van der Waals surface area contributed by atoms with Crippen LogP contribution in [0.4, 0.5) is 13.2 Å². The summed E-state index contributed by atoms with van der Waals surface area (Å²) in [5.74, 6) is -1.26. The number of carbonyl (C=O) groups excluding carboxylic acids is 2. The van der Waals surface area contributed by atoms with Crippen LogP contribution in [-0.2, 0) is 22.3 Å². The van der Waals surface area contributed by atoms with Crippen molar-refractivity contribution >= 4 is 11.8 Å². The largest absolute Gasteiger partial charge is 0.416 e. The highest BCUT2D eigenvalue weighted by Gasteiger charge is 2.33. The summed E-state index contributed by atoms with van der Waals surface area (Å²) in [7, 11) is 0. The van der Waals surface area contributed by atoms with Crippen molar-refractivity contribution in [3.05, 3.63) is 35.4 Å². The van der Waals surface area contributed by atoms with Gasteiger partial charge in [-0.3, -0.25) is 9.59 Å². The lowest BCUT2D eigenvalue weighted by molar-refractivity contribution is -0.137. The Balaban J connectivity index is 2.04. The second kappa shape index (κ2) is 5.15. The molecule has 0 radical (unpaired) electrons. The molecule has 1 heterocycles. The SMILES string of the molecule is NC(=O)C1CC(=O)N(Cc2ccc(C(F)(F)F)cc2)C1. The Morgan fingerprint density at radius 3 is 2.35 bits per heavy atom. The van der Waals surface area contributed by atoms with Crippen LogP contribution >= 0.6 is 0 Å². The minimum atomic E-state index is -4.38. The number of nitrogens with two attached hydrogens (primary N) is 1. The van der Waals surface area contributed by atoms with Gasteiger partial charge in [0.05, 0.1) is 11.5 Å². The summed E-state index contributed by atoms with van der Waals surface area (Å²) in [6, 6.07) is 4.60. The van der Waals surface area contributed by atoms with Crippen molar-refractivity contribution in [3.8, 4) is 0 Å². The highest BCUT2D eigenvalue weighted by molar-refractivity contribution is 5.88. The van der Waals surface area contributed by atoms with Crippen LogP contribution in [0.1, 0.15) is 17.5 Å². The zero-order chi connectivity index (χ0) is 14.9. The molecule has 0 aliphatic carbocycles. The smallest absolute Gasteiger partial charge is 0.369 e. The molecule has 1 aliphatic heterocycles. The van der Waals surface area contributed by atoms with Crippen molar-refractivity contribution in [2.75, 3.05) is 6.54 Å². The van der Waals surface area contributed by atoms with Crippen molar-refractivity contribution in [1.29, 1.82) is 0 Å². The fourth-order valence-electron chi connectivity index (χ4n) is 2.14. The average Bonchev–Trinajstić information content (AvgIpc) is 2.71. The average molecular weight is 286 g/mol. The first-order valence-corrected chi connectivity index (χ1v) is 6.00. The maximum atomic E-state index is 12.4. The number of likely N-dealkylation sites (tertiary alicyclic amines) is 1. The third kappa shape index (κ3) is 3.09.